The van der Waals surface area contributed by atoms with E-state index in [9.17, 15) is 9.59 Å². The molecule has 1 heterocycles. The molecule has 0 aliphatic heterocycles. The number of amides is 1. The lowest BCUT2D eigenvalue weighted by molar-refractivity contribution is -0.132. The minimum absolute atomic E-state index is 0.326. The van der Waals surface area contributed by atoms with Crippen molar-refractivity contribution >= 4 is 29.0 Å². The maximum absolute atomic E-state index is 13.0. The number of para-hydroxylation sites is 1. The highest BCUT2D eigenvalue weighted by molar-refractivity contribution is 6.07. The van der Waals surface area contributed by atoms with E-state index in [2.05, 4.69) is 10.5 Å². The van der Waals surface area contributed by atoms with Crippen LogP contribution in [0, 0.1) is 0 Å². The fourth-order valence-corrected chi connectivity index (χ4v) is 3.46. The average molecular weight is 453 g/mol. The Bertz CT molecular complexity index is 1370. The van der Waals surface area contributed by atoms with E-state index in [1.54, 1.807) is 24.3 Å². The number of hydrogen-bond donors (Lipinski definition) is 1. The molecule has 7 heteroatoms. The second-order valence-electron chi connectivity index (χ2n) is 7.37. The van der Waals surface area contributed by atoms with Crippen LogP contribution in [0.2, 0.25) is 0 Å². The molecule has 0 radical (unpaired) electrons. The van der Waals surface area contributed by atoms with Crippen molar-refractivity contribution in [2.45, 2.75) is 13.8 Å². The van der Waals surface area contributed by atoms with Crippen molar-refractivity contribution in [2.75, 3.05) is 6.61 Å². The Kier molecular flexibility index (Phi) is 6.93. The molecular weight excluding hydrogens is 430 g/mol. The predicted octanol–water partition coefficient (Wildman–Crippen LogP) is 4.99. The van der Waals surface area contributed by atoms with Gasteiger partial charge in [-0.25, -0.2) is 10.4 Å². The number of nitrogens with zero attached hydrogens (tertiary/aromatic N) is 2. The molecule has 7 nitrogen and oxygen atoms in total. The number of rotatable bonds is 7. The number of carbonyl (C=O) groups is 2. The Labute approximate surface area is 197 Å². The number of pyridine rings is 1. The number of esters is 1. The van der Waals surface area contributed by atoms with Crippen molar-refractivity contribution in [2.24, 2.45) is 5.10 Å². The summed E-state index contributed by atoms with van der Waals surface area (Å²) in [4.78, 5) is 29.0. The summed E-state index contributed by atoms with van der Waals surface area (Å²) in [6, 6.07) is 24.0. The predicted molar refractivity (Wildman–Crippen MR) is 131 cm³/mol. The maximum Gasteiger partial charge on any atom is 0.308 e. The molecule has 0 saturated heterocycles. The lowest BCUT2D eigenvalue weighted by Crippen LogP contribution is -2.18. The van der Waals surface area contributed by atoms with Gasteiger partial charge in [-0.3, -0.25) is 9.59 Å². The zero-order valence-corrected chi connectivity index (χ0v) is 18.8. The SMILES string of the molecule is CCOc1cc(/C=N\NC(=O)c2cc(-c3ccccc3)nc3ccccc23)ccc1OC(C)=O. The lowest BCUT2D eigenvalue weighted by atomic mass is 10.0. The number of aromatic nitrogens is 1. The molecule has 3 aromatic carbocycles. The van der Waals surface area contributed by atoms with Gasteiger partial charge in [0, 0.05) is 17.9 Å². The van der Waals surface area contributed by atoms with E-state index in [0.29, 0.717) is 34.9 Å². The summed E-state index contributed by atoms with van der Waals surface area (Å²) >= 11 is 0. The Morgan fingerprint density at radius 2 is 1.74 bits per heavy atom. The van der Waals surface area contributed by atoms with Gasteiger partial charge in [-0.1, -0.05) is 48.5 Å². The number of carbonyl (C=O) groups excluding carboxylic acids is 2. The monoisotopic (exact) mass is 453 g/mol. The van der Waals surface area contributed by atoms with Crippen molar-refractivity contribution in [3.8, 4) is 22.8 Å². The van der Waals surface area contributed by atoms with Gasteiger partial charge in [0.15, 0.2) is 11.5 Å². The first-order valence-electron chi connectivity index (χ1n) is 10.8. The van der Waals surface area contributed by atoms with E-state index in [4.69, 9.17) is 14.5 Å². The fraction of sp³-hybridized carbons (Fsp3) is 0.111. The molecule has 34 heavy (non-hydrogen) atoms. The highest BCUT2D eigenvalue weighted by atomic mass is 16.6. The molecule has 4 rings (SSSR count). The van der Waals surface area contributed by atoms with Crippen LogP contribution < -0.4 is 14.9 Å². The van der Waals surface area contributed by atoms with E-state index >= 15 is 0 Å². The van der Waals surface area contributed by atoms with E-state index in [-0.39, 0.29) is 5.91 Å². The van der Waals surface area contributed by atoms with Crippen LogP contribution in [0.25, 0.3) is 22.2 Å². The second kappa shape index (κ2) is 10.4. The normalized spacial score (nSPS) is 10.9. The Balaban J connectivity index is 1.59. The van der Waals surface area contributed by atoms with Gasteiger partial charge in [-0.2, -0.15) is 5.10 Å². The highest BCUT2D eigenvalue weighted by Crippen LogP contribution is 2.28. The molecule has 1 aromatic heterocycles. The van der Waals surface area contributed by atoms with E-state index in [1.807, 2.05) is 61.5 Å². The van der Waals surface area contributed by atoms with Crippen LogP contribution >= 0.6 is 0 Å². The number of fused-ring (bicyclic) bond motifs is 1. The molecule has 1 N–H and O–H groups in total. The van der Waals surface area contributed by atoms with Crippen LogP contribution in [0.3, 0.4) is 0 Å². The molecule has 0 unspecified atom stereocenters. The van der Waals surface area contributed by atoms with Crippen molar-refractivity contribution in [1.29, 1.82) is 0 Å². The molecule has 0 aliphatic carbocycles. The largest absolute Gasteiger partial charge is 0.490 e. The van der Waals surface area contributed by atoms with E-state index < -0.39 is 5.97 Å². The molecule has 170 valence electrons. The zero-order valence-electron chi connectivity index (χ0n) is 18.8. The molecule has 0 saturated carbocycles. The third kappa shape index (κ3) is 5.27. The van der Waals surface area contributed by atoms with Gasteiger partial charge in [0.2, 0.25) is 0 Å². The number of ether oxygens (including phenoxy) is 2. The highest BCUT2D eigenvalue weighted by Gasteiger charge is 2.14. The number of hydrazone groups is 1. The van der Waals surface area contributed by atoms with Crippen molar-refractivity contribution < 1.29 is 19.1 Å². The minimum Gasteiger partial charge on any atom is -0.490 e. The summed E-state index contributed by atoms with van der Waals surface area (Å²) in [5, 5.41) is 4.85. The van der Waals surface area contributed by atoms with Crippen LogP contribution in [-0.4, -0.2) is 29.7 Å². The maximum atomic E-state index is 13.0. The van der Waals surface area contributed by atoms with E-state index in [1.165, 1.54) is 13.1 Å². The van der Waals surface area contributed by atoms with Crippen molar-refractivity contribution in [3.63, 3.8) is 0 Å². The van der Waals surface area contributed by atoms with Crippen LogP contribution in [0.5, 0.6) is 11.5 Å². The van der Waals surface area contributed by atoms with Crippen molar-refractivity contribution in [1.82, 2.24) is 10.4 Å². The molecule has 0 bridgehead atoms. The summed E-state index contributed by atoms with van der Waals surface area (Å²) < 4.78 is 10.7. The molecule has 0 fully saturated rings. The Morgan fingerprint density at radius 1 is 0.971 bits per heavy atom. The van der Waals surface area contributed by atoms with Crippen LogP contribution in [-0.2, 0) is 4.79 Å². The van der Waals surface area contributed by atoms with Gasteiger partial charge >= 0.3 is 5.97 Å². The summed E-state index contributed by atoms with van der Waals surface area (Å²) in [6.45, 7) is 3.57. The van der Waals surface area contributed by atoms with Gasteiger partial charge in [0.05, 0.1) is 29.6 Å². The first kappa shape index (κ1) is 22.7. The standard InChI is InChI=1S/C27H23N3O4/c1-3-33-26-15-19(13-14-25(26)34-18(2)31)17-28-30-27(32)22-16-24(20-9-5-4-6-10-20)29-23-12-8-7-11-21(22)23/h4-17H,3H2,1-2H3,(H,30,32)/b28-17-. The summed E-state index contributed by atoms with van der Waals surface area (Å²) in [5.41, 5.74) is 6.08. The first-order chi connectivity index (χ1) is 16.5. The number of hydrogen-bond acceptors (Lipinski definition) is 6. The summed E-state index contributed by atoms with van der Waals surface area (Å²) in [7, 11) is 0. The van der Waals surface area contributed by atoms with Gasteiger partial charge in [0.1, 0.15) is 0 Å². The quantitative estimate of drug-likeness (QED) is 0.184. The molecule has 0 aliphatic rings. The Hall–Kier alpha value is -4.52. The number of nitrogens with one attached hydrogen (secondary N) is 1. The molecule has 0 atom stereocenters. The summed E-state index contributed by atoms with van der Waals surface area (Å²) in [6.07, 6.45) is 1.50. The average Bonchev–Trinajstić information content (AvgIpc) is 2.85. The molecule has 0 spiro atoms. The number of benzene rings is 3. The second-order valence-corrected chi connectivity index (χ2v) is 7.37. The minimum atomic E-state index is -0.436. The van der Waals surface area contributed by atoms with E-state index in [0.717, 1.165) is 16.5 Å². The summed E-state index contributed by atoms with van der Waals surface area (Å²) in [5.74, 6) is -0.0458. The van der Waals surface area contributed by atoms with Gasteiger partial charge in [-0.05, 0) is 42.8 Å². The van der Waals surface area contributed by atoms with Crippen LogP contribution in [0.1, 0.15) is 29.8 Å². The van der Waals surface area contributed by atoms with Gasteiger partial charge < -0.3 is 9.47 Å². The van der Waals surface area contributed by atoms with Gasteiger partial charge in [0.25, 0.3) is 5.91 Å². The fourth-order valence-electron chi connectivity index (χ4n) is 3.46. The Morgan fingerprint density at radius 3 is 2.50 bits per heavy atom. The third-order valence-corrected chi connectivity index (χ3v) is 4.93. The van der Waals surface area contributed by atoms with Gasteiger partial charge in [-0.15, -0.1) is 0 Å². The molecule has 1 amide bonds. The molecule has 4 aromatic rings. The molecular formula is C27H23N3O4. The third-order valence-electron chi connectivity index (χ3n) is 4.93. The van der Waals surface area contributed by atoms with Crippen LogP contribution in [0.4, 0.5) is 0 Å². The lowest BCUT2D eigenvalue weighted by Gasteiger charge is -2.10. The van der Waals surface area contributed by atoms with Crippen molar-refractivity contribution in [3.05, 3.63) is 90.0 Å². The smallest absolute Gasteiger partial charge is 0.308 e. The topological polar surface area (TPSA) is 89.9 Å². The first-order valence-corrected chi connectivity index (χ1v) is 10.8. The van der Waals surface area contributed by atoms with Crippen LogP contribution in [0.15, 0.2) is 84.0 Å². The zero-order chi connectivity index (χ0) is 23.9.